The second-order valence-corrected chi connectivity index (χ2v) is 6.67. The van der Waals surface area contributed by atoms with Crippen molar-refractivity contribution in [2.75, 3.05) is 37.7 Å². The molecular formula is C19H20ClN5O2. The molecule has 0 spiro atoms. The zero-order chi connectivity index (χ0) is 18.8. The average molecular weight is 386 g/mol. The van der Waals surface area contributed by atoms with Gasteiger partial charge in [0.2, 0.25) is 5.88 Å². The van der Waals surface area contributed by atoms with E-state index in [0.717, 1.165) is 23.8 Å². The Morgan fingerprint density at radius 2 is 1.93 bits per heavy atom. The number of amides is 1. The molecule has 0 atom stereocenters. The number of nitrogens with zero attached hydrogens (tertiary/aromatic N) is 5. The second kappa shape index (κ2) is 7.44. The minimum atomic E-state index is -0.0859. The molecule has 140 valence electrons. The van der Waals surface area contributed by atoms with E-state index in [4.69, 9.17) is 16.3 Å². The van der Waals surface area contributed by atoms with Crippen molar-refractivity contribution < 1.29 is 9.53 Å². The summed E-state index contributed by atoms with van der Waals surface area (Å²) in [4.78, 5) is 21.3. The Hall–Kier alpha value is -2.80. The molecule has 2 aromatic heterocycles. The molecule has 0 saturated carbocycles. The van der Waals surface area contributed by atoms with Crippen molar-refractivity contribution in [1.82, 2.24) is 19.5 Å². The number of fused-ring (bicyclic) bond motifs is 1. The van der Waals surface area contributed by atoms with E-state index in [1.165, 1.54) is 0 Å². The van der Waals surface area contributed by atoms with Gasteiger partial charge in [-0.25, -0.2) is 9.50 Å². The summed E-state index contributed by atoms with van der Waals surface area (Å²) < 4.78 is 6.97. The van der Waals surface area contributed by atoms with Gasteiger partial charge in [0.15, 0.2) is 5.65 Å². The lowest BCUT2D eigenvalue weighted by molar-refractivity contribution is 0.0741. The number of halogens is 1. The first-order valence-corrected chi connectivity index (χ1v) is 9.31. The van der Waals surface area contributed by atoms with E-state index in [0.29, 0.717) is 36.9 Å². The van der Waals surface area contributed by atoms with E-state index < -0.39 is 0 Å². The van der Waals surface area contributed by atoms with Crippen molar-refractivity contribution in [2.45, 2.75) is 6.92 Å². The molecule has 0 N–H and O–H groups in total. The molecule has 1 fully saturated rings. The van der Waals surface area contributed by atoms with Gasteiger partial charge in [-0.05, 0) is 25.1 Å². The minimum absolute atomic E-state index is 0.0859. The maximum absolute atomic E-state index is 12.8. The van der Waals surface area contributed by atoms with E-state index >= 15 is 0 Å². The van der Waals surface area contributed by atoms with Crippen molar-refractivity contribution in [3.63, 3.8) is 0 Å². The van der Waals surface area contributed by atoms with Crippen LogP contribution in [0.25, 0.3) is 5.65 Å². The van der Waals surface area contributed by atoms with Crippen LogP contribution in [0.3, 0.4) is 0 Å². The van der Waals surface area contributed by atoms with Crippen LogP contribution < -0.4 is 9.64 Å². The van der Waals surface area contributed by atoms with Gasteiger partial charge in [-0.1, -0.05) is 23.7 Å². The van der Waals surface area contributed by atoms with Gasteiger partial charge in [0.1, 0.15) is 5.69 Å². The lowest BCUT2D eigenvalue weighted by Crippen LogP contribution is -2.49. The Labute approximate surface area is 162 Å². The zero-order valence-corrected chi connectivity index (χ0v) is 15.8. The highest BCUT2D eigenvalue weighted by atomic mass is 35.5. The molecule has 0 aliphatic carbocycles. The van der Waals surface area contributed by atoms with Crippen molar-refractivity contribution in [1.29, 1.82) is 0 Å². The highest BCUT2D eigenvalue weighted by molar-refractivity contribution is 6.33. The maximum atomic E-state index is 12.8. The van der Waals surface area contributed by atoms with Crippen LogP contribution in [0.2, 0.25) is 5.02 Å². The summed E-state index contributed by atoms with van der Waals surface area (Å²) in [7, 11) is 0. The van der Waals surface area contributed by atoms with Crippen molar-refractivity contribution >= 4 is 28.8 Å². The van der Waals surface area contributed by atoms with Gasteiger partial charge in [0.25, 0.3) is 5.91 Å². The number of hydrogen-bond donors (Lipinski definition) is 0. The number of para-hydroxylation sites is 1. The standard InChI is InChI=1S/C19H20ClN5O2/c1-2-27-18-8-7-17-21-15(13-25(17)22-18)19(26)24-11-9-23(10-12-24)16-6-4-3-5-14(16)20/h3-8,13H,2,9-12H2,1H3. The summed E-state index contributed by atoms with van der Waals surface area (Å²) in [5, 5.41) is 5.04. The fourth-order valence-electron chi connectivity index (χ4n) is 3.21. The van der Waals surface area contributed by atoms with Gasteiger partial charge >= 0.3 is 0 Å². The molecule has 7 nitrogen and oxygen atoms in total. The summed E-state index contributed by atoms with van der Waals surface area (Å²) in [6.07, 6.45) is 1.65. The Morgan fingerprint density at radius 3 is 2.67 bits per heavy atom. The molecule has 4 rings (SSSR count). The first-order valence-electron chi connectivity index (χ1n) is 8.93. The molecule has 1 amide bonds. The number of benzene rings is 1. The topological polar surface area (TPSA) is 63.0 Å². The molecule has 3 aromatic rings. The third-order valence-corrected chi connectivity index (χ3v) is 4.89. The third kappa shape index (κ3) is 3.55. The van der Waals surface area contributed by atoms with E-state index in [9.17, 15) is 4.79 Å². The van der Waals surface area contributed by atoms with Crippen molar-refractivity contribution in [3.05, 3.63) is 53.3 Å². The number of carbonyl (C=O) groups excluding carboxylic acids is 1. The van der Waals surface area contributed by atoms with Gasteiger partial charge in [-0.15, -0.1) is 5.10 Å². The van der Waals surface area contributed by atoms with Crippen LogP contribution in [0.15, 0.2) is 42.6 Å². The molecule has 1 saturated heterocycles. The Morgan fingerprint density at radius 1 is 1.15 bits per heavy atom. The van der Waals surface area contributed by atoms with Crippen molar-refractivity contribution in [3.8, 4) is 5.88 Å². The molecule has 0 unspecified atom stereocenters. The first-order chi connectivity index (χ1) is 13.2. The van der Waals surface area contributed by atoms with Gasteiger partial charge in [0, 0.05) is 32.2 Å². The summed E-state index contributed by atoms with van der Waals surface area (Å²) in [5.41, 5.74) is 2.02. The van der Waals surface area contributed by atoms with E-state index in [2.05, 4.69) is 15.0 Å². The average Bonchev–Trinajstić information content (AvgIpc) is 3.12. The summed E-state index contributed by atoms with van der Waals surface area (Å²) in [6.45, 7) is 5.14. The van der Waals surface area contributed by atoms with E-state index in [1.807, 2.05) is 36.1 Å². The predicted octanol–water partition coefficient (Wildman–Crippen LogP) is 2.74. The highest BCUT2D eigenvalue weighted by Crippen LogP contribution is 2.26. The number of aromatic nitrogens is 3. The molecule has 0 bridgehead atoms. The largest absolute Gasteiger partial charge is 0.477 e. The van der Waals surface area contributed by atoms with Gasteiger partial charge in [-0.2, -0.15) is 0 Å². The molecule has 3 heterocycles. The van der Waals surface area contributed by atoms with Crippen LogP contribution in [0.1, 0.15) is 17.4 Å². The number of hydrogen-bond acceptors (Lipinski definition) is 5. The Bertz CT molecular complexity index is 966. The van der Waals surface area contributed by atoms with Crippen LogP contribution in [-0.2, 0) is 0 Å². The number of piperazine rings is 1. The van der Waals surface area contributed by atoms with Gasteiger partial charge < -0.3 is 14.5 Å². The Balaban J connectivity index is 1.46. The number of carbonyl (C=O) groups is 1. The lowest BCUT2D eigenvalue weighted by atomic mass is 10.2. The lowest BCUT2D eigenvalue weighted by Gasteiger charge is -2.36. The quantitative estimate of drug-likeness (QED) is 0.691. The summed E-state index contributed by atoms with van der Waals surface area (Å²) in [6, 6.07) is 11.3. The predicted molar refractivity (Wildman–Crippen MR) is 104 cm³/mol. The van der Waals surface area contributed by atoms with Gasteiger partial charge in [-0.3, -0.25) is 4.79 Å². The second-order valence-electron chi connectivity index (χ2n) is 6.26. The highest BCUT2D eigenvalue weighted by Gasteiger charge is 2.25. The fraction of sp³-hybridized carbons (Fsp3) is 0.316. The van der Waals surface area contributed by atoms with Crippen LogP contribution in [-0.4, -0.2) is 58.2 Å². The molecule has 1 aliphatic rings. The summed E-state index contributed by atoms with van der Waals surface area (Å²) in [5.74, 6) is 0.423. The molecule has 1 aliphatic heterocycles. The van der Waals surface area contributed by atoms with Crippen LogP contribution in [0, 0.1) is 0 Å². The SMILES string of the molecule is CCOc1ccc2nc(C(=O)N3CCN(c4ccccc4Cl)CC3)cn2n1. The fourth-order valence-corrected chi connectivity index (χ4v) is 3.47. The first kappa shape index (κ1) is 17.6. The molecule has 27 heavy (non-hydrogen) atoms. The molecule has 1 aromatic carbocycles. The third-order valence-electron chi connectivity index (χ3n) is 4.57. The van der Waals surface area contributed by atoms with E-state index in [-0.39, 0.29) is 5.91 Å². The zero-order valence-electron chi connectivity index (χ0n) is 15.0. The van der Waals surface area contributed by atoms with Crippen molar-refractivity contribution in [2.24, 2.45) is 0 Å². The number of anilines is 1. The summed E-state index contributed by atoms with van der Waals surface area (Å²) >= 11 is 6.28. The molecular weight excluding hydrogens is 366 g/mol. The minimum Gasteiger partial charge on any atom is -0.477 e. The van der Waals surface area contributed by atoms with Crippen LogP contribution in [0.4, 0.5) is 5.69 Å². The van der Waals surface area contributed by atoms with Crippen LogP contribution in [0.5, 0.6) is 5.88 Å². The number of imidazole rings is 1. The Kier molecular flexibility index (Phi) is 4.85. The monoisotopic (exact) mass is 385 g/mol. The van der Waals surface area contributed by atoms with Crippen LogP contribution >= 0.6 is 11.6 Å². The smallest absolute Gasteiger partial charge is 0.274 e. The molecule has 0 radical (unpaired) electrons. The van der Waals surface area contributed by atoms with Gasteiger partial charge in [0.05, 0.1) is 23.5 Å². The molecule has 8 heteroatoms. The number of ether oxygens (including phenoxy) is 1. The number of rotatable bonds is 4. The normalized spacial score (nSPS) is 14.6. The maximum Gasteiger partial charge on any atom is 0.274 e. The van der Waals surface area contributed by atoms with E-state index in [1.54, 1.807) is 22.8 Å².